The van der Waals surface area contributed by atoms with Gasteiger partial charge in [0.1, 0.15) is 0 Å². The summed E-state index contributed by atoms with van der Waals surface area (Å²) in [4.78, 5) is 25.4. The predicted molar refractivity (Wildman–Crippen MR) is 93.9 cm³/mol. The Hall–Kier alpha value is -2.55. The number of nitrogens with one attached hydrogen (secondary N) is 1. The molecule has 1 unspecified atom stereocenters. The second-order valence-corrected chi connectivity index (χ2v) is 7.05. The molecule has 1 N–H and O–H groups in total. The predicted octanol–water partition coefficient (Wildman–Crippen LogP) is 3.38. The Morgan fingerprint density at radius 1 is 1.46 bits per heavy atom. The third-order valence-electron chi connectivity index (χ3n) is 4.39. The van der Waals surface area contributed by atoms with Crippen molar-refractivity contribution in [1.29, 1.82) is 0 Å². The van der Waals surface area contributed by atoms with Crippen molar-refractivity contribution in [3.8, 4) is 11.5 Å². The van der Waals surface area contributed by atoms with Gasteiger partial charge in [-0.15, -0.1) is 0 Å². The maximum Gasteiger partial charge on any atom is 0.256 e. The molecule has 0 radical (unpaired) electrons. The lowest BCUT2D eigenvalue weighted by Gasteiger charge is -2.31. The van der Waals surface area contributed by atoms with E-state index in [1.807, 2.05) is 6.07 Å². The molecule has 9 heteroatoms. The van der Waals surface area contributed by atoms with Crippen molar-refractivity contribution in [2.45, 2.75) is 18.8 Å². The van der Waals surface area contributed by atoms with Gasteiger partial charge >= 0.3 is 0 Å². The fourth-order valence-corrected chi connectivity index (χ4v) is 3.43. The number of aromatic nitrogens is 4. The lowest BCUT2D eigenvalue weighted by molar-refractivity contribution is 0.0690. The van der Waals surface area contributed by atoms with Crippen LogP contribution in [0, 0.1) is 5.82 Å². The van der Waals surface area contributed by atoms with Crippen molar-refractivity contribution in [3.05, 3.63) is 52.5 Å². The highest BCUT2D eigenvalue weighted by Gasteiger charge is 2.30. The van der Waals surface area contributed by atoms with Crippen LogP contribution in [0.4, 0.5) is 4.39 Å². The first-order chi connectivity index (χ1) is 12.6. The number of rotatable bonds is 3. The van der Waals surface area contributed by atoms with E-state index in [0.717, 1.165) is 29.2 Å². The van der Waals surface area contributed by atoms with Gasteiger partial charge in [0.05, 0.1) is 23.4 Å². The van der Waals surface area contributed by atoms with Gasteiger partial charge in [0, 0.05) is 30.0 Å². The second kappa shape index (κ2) is 6.99. The molecule has 134 valence electrons. The SMILES string of the molecule is O=C(c1ccncc1F)N1CCCC(c2nc(-c3cc(Br)c[nH]3)no2)C1. The van der Waals surface area contributed by atoms with Gasteiger partial charge in [-0.05, 0) is 40.9 Å². The molecular weight excluding hydrogens is 405 g/mol. The van der Waals surface area contributed by atoms with Crippen LogP contribution in [0.2, 0.25) is 0 Å². The van der Waals surface area contributed by atoms with Crippen LogP contribution in [0.5, 0.6) is 0 Å². The van der Waals surface area contributed by atoms with Crippen LogP contribution >= 0.6 is 15.9 Å². The van der Waals surface area contributed by atoms with E-state index < -0.39 is 5.82 Å². The molecule has 3 aromatic rings. The van der Waals surface area contributed by atoms with E-state index in [1.165, 1.54) is 12.3 Å². The number of carbonyl (C=O) groups is 1. The average Bonchev–Trinajstić information content (AvgIpc) is 3.31. The minimum atomic E-state index is -0.614. The molecule has 1 atom stereocenters. The largest absolute Gasteiger partial charge is 0.357 e. The number of amides is 1. The molecule has 0 aliphatic carbocycles. The smallest absolute Gasteiger partial charge is 0.256 e. The molecule has 0 aromatic carbocycles. The Labute approximate surface area is 156 Å². The van der Waals surface area contributed by atoms with E-state index in [4.69, 9.17) is 4.52 Å². The fourth-order valence-electron chi connectivity index (χ4n) is 3.09. The number of hydrogen-bond acceptors (Lipinski definition) is 5. The van der Waals surface area contributed by atoms with Crippen LogP contribution in [0.15, 0.2) is 39.7 Å². The van der Waals surface area contributed by atoms with Gasteiger partial charge in [-0.3, -0.25) is 9.78 Å². The van der Waals surface area contributed by atoms with Crippen LogP contribution in [0.1, 0.15) is 35.0 Å². The van der Waals surface area contributed by atoms with Crippen LogP contribution in [-0.2, 0) is 0 Å². The lowest BCUT2D eigenvalue weighted by Crippen LogP contribution is -2.39. The van der Waals surface area contributed by atoms with E-state index in [-0.39, 0.29) is 17.4 Å². The zero-order chi connectivity index (χ0) is 18.1. The maximum absolute atomic E-state index is 13.8. The average molecular weight is 420 g/mol. The standard InChI is InChI=1S/C17H15BrFN5O2/c18-11-6-14(21-7-11)15-22-16(26-23-15)10-2-1-5-24(9-10)17(25)12-3-4-20-8-13(12)19/h3-4,6-8,10,21H,1-2,5,9H2. The number of carbonyl (C=O) groups excluding carboxylic acids is 1. The molecule has 7 nitrogen and oxygen atoms in total. The molecule has 1 aliphatic heterocycles. The highest BCUT2D eigenvalue weighted by atomic mass is 79.9. The molecule has 1 saturated heterocycles. The minimum Gasteiger partial charge on any atom is -0.357 e. The third-order valence-corrected chi connectivity index (χ3v) is 4.85. The first kappa shape index (κ1) is 16.9. The van der Waals surface area contributed by atoms with Gasteiger partial charge in [0.25, 0.3) is 5.91 Å². The van der Waals surface area contributed by atoms with E-state index in [1.54, 1.807) is 11.1 Å². The molecule has 0 spiro atoms. The van der Waals surface area contributed by atoms with Crippen molar-refractivity contribution >= 4 is 21.8 Å². The lowest BCUT2D eigenvalue weighted by atomic mass is 9.97. The highest BCUT2D eigenvalue weighted by Crippen LogP contribution is 2.29. The summed E-state index contributed by atoms with van der Waals surface area (Å²) in [6.07, 6.45) is 5.87. The quantitative estimate of drug-likeness (QED) is 0.702. The zero-order valence-corrected chi connectivity index (χ0v) is 15.2. The second-order valence-electron chi connectivity index (χ2n) is 6.13. The van der Waals surface area contributed by atoms with Crippen molar-refractivity contribution < 1.29 is 13.7 Å². The molecular formula is C17H15BrFN5O2. The number of H-pyrrole nitrogens is 1. The summed E-state index contributed by atoms with van der Waals surface area (Å²) < 4.78 is 20.2. The molecule has 4 heterocycles. The molecule has 4 rings (SSSR count). The van der Waals surface area contributed by atoms with E-state index in [9.17, 15) is 9.18 Å². The van der Waals surface area contributed by atoms with Gasteiger partial charge < -0.3 is 14.4 Å². The summed E-state index contributed by atoms with van der Waals surface area (Å²) in [6, 6.07) is 3.26. The molecule has 0 saturated carbocycles. The first-order valence-corrected chi connectivity index (χ1v) is 8.98. The van der Waals surface area contributed by atoms with Gasteiger partial charge in [-0.1, -0.05) is 5.16 Å². The summed E-state index contributed by atoms with van der Waals surface area (Å²) in [5.74, 6) is -0.0790. The minimum absolute atomic E-state index is 0.0307. The van der Waals surface area contributed by atoms with Crippen molar-refractivity contribution in [3.63, 3.8) is 0 Å². The normalized spacial score (nSPS) is 17.5. The van der Waals surface area contributed by atoms with Crippen LogP contribution in [0.3, 0.4) is 0 Å². The van der Waals surface area contributed by atoms with Crippen LogP contribution in [0.25, 0.3) is 11.5 Å². The van der Waals surface area contributed by atoms with E-state index >= 15 is 0 Å². The van der Waals surface area contributed by atoms with Gasteiger partial charge in [0.15, 0.2) is 5.82 Å². The van der Waals surface area contributed by atoms with Crippen molar-refractivity contribution in [2.75, 3.05) is 13.1 Å². The Morgan fingerprint density at radius 2 is 2.35 bits per heavy atom. The summed E-state index contributed by atoms with van der Waals surface area (Å²) in [7, 11) is 0. The number of hydrogen-bond donors (Lipinski definition) is 1. The number of nitrogens with zero attached hydrogens (tertiary/aromatic N) is 4. The van der Waals surface area contributed by atoms with Crippen LogP contribution in [-0.4, -0.2) is 44.0 Å². The fraction of sp³-hybridized carbons (Fsp3) is 0.294. The number of halogens is 2. The van der Waals surface area contributed by atoms with Crippen molar-refractivity contribution in [2.24, 2.45) is 0 Å². The molecule has 1 aliphatic rings. The third kappa shape index (κ3) is 3.26. The Morgan fingerprint density at radius 3 is 3.12 bits per heavy atom. The monoisotopic (exact) mass is 419 g/mol. The number of aromatic amines is 1. The van der Waals surface area contributed by atoms with Crippen molar-refractivity contribution in [1.82, 2.24) is 25.0 Å². The highest BCUT2D eigenvalue weighted by molar-refractivity contribution is 9.10. The Bertz CT molecular complexity index is 941. The number of pyridine rings is 1. The first-order valence-electron chi connectivity index (χ1n) is 8.18. The Balaban J connectivity index is 1.51. The molecule has 0 bridgehead atoms. The summed E-state index contributed by atoms with van der Waals surface area (Å²) in [5.41, 5.74) is 0.776. The maximum atomic E-state index is 13.8. The van der Waals surface area contributed by atoms with E-state index in [0.29, 0.717) is 24.8 Å². The van der Waals surface area contributed by atoms with Crippen LogP contribution < -0.4 is 0 Å². The zero-order valence-electron chi connectivity index (χ0n) is 13.7. The van der Waals surface area contributed by atoms with E-state index in [2.05, 4.69) is 36.0 Å². The molecule has 1 fully saturated rings. The number of piperidine rings is 1. The van der Waals surface area contributed by atoms with Gasteiger partial charge in [0.2, 0.25) is 11.7 Å². The topological polar surface area (TPSA) is 87.9 Å². The van der Waals surface area contributed by atoms with Gasteiger partial charge in [-0.25, -0.2) is 4.39 Å². The summed E-state index contributed by atoms with van der Waals surface area (Å²) in [6.45, 7) is 0.984. The summed E-state index contributed by atoms with van der Waals surface area (Å²) in [5, 5.41) is 4.01. The Kier molecular flexibility index (Phi) is 4.54. The number of likely N-dealkylation sites (tertiary alicyclic amines) is 1. The molecule has 26 heavy (non-hydrogen) atoms. The molecule has 1 amide bonds. The molecule has 3 aromatic heterocycles. The van der Waals surface area contributed by atoms with Gasteiger partial charge in [-0.2, -0.15) is 4.98 Å². The summed E-state index contributed by atoms with van der Waals surface area (Å²) >= 11 is 3.37.